The first kappa shape index (κ1) is 16.8. The standard InChI is InChI=1S/C17H18BrNO2S/c1-12(15-10-7-11-22-15)19(16(20)21-17(2,3)4)14-9-6-5-8-13(14)18/h5-11H,1H2,2-4H3. The van der Waals surface area contributed by atoms with Crippen molar-refractivity contribution in [3.63, 3.8) is 0 Å². The third-order valence-electron chi connectivity index (χ3n) is 2.74. The van der Waals surface area contributed by atoms with Crippen molar-refractivity contribution >= 4 is 44.7 Å². The zero-order chi connectivity index (χ0) is 16.3. The molecule has 1 amide bonds. The van der Waals surface area contributed by atoms with Gasteiger partial charge >= 0.3 is 6.09 Å². The van der Waals surface area contributed by atoms with Crippen molar-refractivity contribution in [1.29, 1.82) is 0 Å². The van der Waals surface area contributed by atoms with Crippen LogP contribution in [0.25, 0.3) is 5.70 Å². The maximum atomic E-state index is 12.7. The number of hydrogen-bond donors (Lipinski definition) is 0. The lowest BCUT2D eigenvalue weighted by atomic mass is 10.2. The van der Waals surface area contributed by atoms with Gasteiger partial charge in [0.05, 0.1) is 16.3 Å². The molecule has 0 aliphatic heterocycles. The second-order valence-corrected chi connectivity index (χ2v) is 7.49. The highest BCUT2D eigenvalue weighted by atomic mass is 79.9. The fourth-order valence-corrected chi connectivity index (χ4v) is 3.00. The highest BCUT2D eigenvalue weighted by molar-refractivity contribution is 9.10. The maximum absolute atomic E-state index is 12.7. The number of carbonyl (C=O) groups is 1. The molecule has 0 radical (unpaired) electrons. The van der Waals surface area contributed by atoms with Crippen LogP contribution in [0.15, 0.2) is 52.8 Å². The molecule has 0 aliphatic carbocycles. The molecule has 2 rings (SSSR count). The smallest absolute Gasteiger partial charge is 0.419 e. The van der Waals surface area contributed by atoms with Crippen molar-refractivity contribution in [2.24, 2.45) is 0 Å². The van der Waals surface area contributed by atoms with Gasteiger partial charge in [-0.2, -0.15) is 0 Å². The van der Waals surface area contributed by atoms with Gasteiger partial charge in [-0.25, -0.2) is 9.69 Å². The number of carbonyl (C=O) groups excluding carboxylic acids is 1. The Bertz CT molecular complexity index is 674. The van der Waals surface area contributed by atoms with Crippen molar-refractivity contribution in [1.82, 2.24) is 0 Å². The molecule has 5 heteroatoms. The number of para-hydroxylation sites is 1. The summed E-state index contributed by atoms with van der Waals surface area (Å²) in [5.74, 6) is 0. The number of thiophene rings is 1. The van der Waals surface area contributed by atoms with Crippen LogP contribution in [-0.4, -0.2) is 11.7 Å². The number of anilines is 1. The van der Waals surface area contributed by atoms with Crippen LogP contribution in [0.1, 0.15) is 25.6 Å². The largest absolute Gasteiger partial charge is 0.443 e. The van der Waals surface area contributed by atoms with Gasteiger partial charge in [0.15, 0.2) is 0 Å². The average Bonchev–Trinajstić information content (AvgIpc) is 2.93. The molecule has 22 heavy (non-hydrogen) atoms. The van der Waals surface area contributed by atoms with E-state index in [0.29, 0.717) is 11.4 Å². The van der Waals surface area contributed by atoms with Gasteiger partial charge in [-0.1, -0.05) is 24.8 Å². The van der Waals surface area contributed by atoms with Gasteiger partial charge in [0.25, 0.3) is 0 Å². The van der Waals surface area contributed by atoms with E-state index in [-0.39, 0.29) is 0 Å². The minimum Gasteiger partial charge on any atom is -0.443 e. The van der Waals surface area contributed by atoms with E-state index in [1.807, 2.05) is 62.5 Å². The summed E-state index contributed by atoms with van der Waals surface area (Å²) in [7, 11) is 0. The topological polar surface area (TPSA) is 29.5 Å². The number of rotatable bonds is 3. The Morgan fingerprint density at radius 3 is 2.45 bits per heavy atom. The summed E-state index contributed by atoms with van der Waals surface area (Å²) < 4.78 is 6.34. The molecule has 0 fully saturated rings. The Kier molecular flexibility index (Phi) is 5.08. The van der Waals surface area contributed by atoms with E-state index < -0.39 is 11.7 Å². The van der Waals surface area contributed by atoms with Gasteiger partial charge in [0.2, 0.25) is 0 Å². The van der Waals surface area contributed by atoms with Crippen molar-refractivity contribution in [2.75, 3.05) is 4.90 Å². The number of halogens is 1. The van der Waals surface area contributed by atoms with Crippen LogP contribution in [0, 0.1) is 0 Å². The lowest BCUT2D eigenvalue weighted by Gasteiger charge is -2.29. The second-order valence-electron chi connectivity index (χ2n) is 5.69. The number of hydrogen-bond acceptors (Lipinski definition) is 3. The molecule has 0 N–H and O–H groups in total. The zero-order valence-electron chi connectivity index (χ0n) is 12.8. The lowest BCUT2D eigenvalue weighted by molar-refractivity contribution is 0.0600. The quantitative estimate of drug-likeness (QED) is 0.661. The summed E-state index contributed by atoms with van der Waals surface area (Å²) in [4.78, 5) is 15.1. The molecular weight excluding hydrogens is 362 g/mol. The SMILES string of the molecule is C=C(c1cccs1)N(C(=O)OC(C)(C)C)c1ccccc1Br. The van der Waals surface area contributed by atoms with E-state index in [0.717, 1.165) is 9.35 Å². The lowest BCUT2D eigenvalue weighted by Crippen LogP contribution is -2.35. The molecule has 1 aromatic carbocycles. The molecule has 116 valence electrons. The fourth-order valence-electron chi connectivity index (χ4n) is 1.85. The van der Waals surface area contributed by atoms with E-state index in [1.54, 1.807) is 0 Å². The molecule has 0 aliphatic rings. The summed E-state index contributed by atoms with van der Waals surface area (Å²) >= 11 is 5.02. The van der Waals surface area contributed by atoms with Gasteiger partial charge < -0.3 is 4.74 Å². The number of nitrogens with zero attached hydrogens (tertiary/aromatic N) is 1. The first-order valence-electron chi connectivity index (χ1n) is 6.80. The minimum atomic E-state index is -0.577. The summed E-state index contributed by atoms with van der Waals surface area (Å²) in [6.07, 6.45) is -0.446. The second kappa shape index (κ2) is 6.67. The molecule has 0 saturated carbocycles. The van der Waals surface area contributed by atoms with Crippen LogP contribution in [-0.2, 0) is 4.74 Å². The van der Waals surface area contributed by atoms with Crippen molar-refractivity contribution in [3.05, 3.63) is 57.7 Å². The molecule has 1 heterocycles. The van der Waals surface area contributed by atoms with Gasteiger partial charge in [0.1, 0.15) is 5.60 Å². The molecule has 0 spiro atoms. The predicted octanol–water partition coefficient (Wildman–Crippen LogP) is 5.92. The van der Waals surface area contributed by atoms with Crippen molar-refractivity contribution in [3.8, 4) is 0 Å². The van der Waals surface area contributed by atoms with Gasteiger partial charge in [-0.15, -0.1) is 11.3 Å². The first-order valence-corrected chi connectivity index (χ1v) is 8.47. The highest BCUT2D eigenvalue weighted by Gasteiger charge is 2.27. The van der Waals surface area contributed by atoms with Crippen molar-refractivity contribution < 1.29 is 9.53 Å². The van der Waals surface area contributed by atoms with Crippen LogP contribution in [0.4, 0.5) is 10.5 Å². The minimum absolute atomic E-state index is 0.446. The van der Waals surface area contributed by atoms with E-state index in [4.69, 9.17) is 4.74 Å². The van der Waals surface area contributed by atoms with E-state index in [2.05, 4.69) is 22.5 Å². The Morgan fingerprint density at radius 1 is 1.23 bits per heavy atom. The summed E-state index contributed by atoms with van der Waals surface area (Å²) in [6, 6.07) is 11.4. The Hall–Kier alpha value is -1.59. The molecule has 0 bridgehead atoms. The highest BCUT2D eigenvalue weighted by Crippen LogP contribution is 2.34. The monoisotopic (exact) mass is 379 g/mol. The third-order valence-corrected chi connectivity index (χ3v) is 4.33. The van der Waals surface area contributed by atoms with Gasteiger partial charge in [-0.05, 0) is 60.3 Å². The number of ether oxygens (including phenoxy) is 1. The van der Waals surface area contributed by atoms with Gasteiger partial charge in [0, 0.05) is 4.47 Å². The first-order chi connectivity index (χ1) is 10.3. The maximum Gasteiger partial charge on any atom is 0.419 e. The molecule has 3 nitrogen and oxygen atoms in total. The molecule has 0 saturated heterocycles. The molecule has 0 unspecified atom stereocenters. The summed E-state index contributed by atoms with van der Waals surface area (Å²) in [5.41, 5.74) is 0.720. The molecule has 2 aromatic rings. The molecule has 1 aromatic heterocycles. The zero-order valence-corrected chi connectivity index (χ0v) is 15.2. The van der Waals surface area contributed by atoms with E-state index >= 15 is 0 Å². The van der Waals surface area contributed by atoms with Crippen LogP contribution in [0.2, 0.25) is 0 Å². The number of amides is 1. The fraction of sp³-hybridized carbons (Fsp3) is 0.235. The predicted molar refractivity (Wildman–Crippen MR) is 96.2 cm³/mol. The average molecular weight is 380 g/mol. The van der Waals surface area contributed by atoms with E-state index in [1.165, 1.54) is 16.2 Å². The van der Waals surface area contributed by atoms with E-state index in [9.17, 15) is 4.79 Å². The molecule has 0 atom stereocenters. The van der Waals surface area contributed by atoms with Crippen LogP contribution in [0.5, 0.6) is 0 Å². The summed E-state index contributed by atoms with van der Waals surface area (Å²) in [6.45, 7) is 9.61. The normalized spacial score (nSPS) is 11.1. The Balaban J connectivity index is 2.43. The van der Waals surface area contributed by atoms with Crippen LogP contribution < -0.4 is 4.90 Å². The van der Waals surface area contributed by atoms with Crippen LogP contribution >= 0.6 is 27.3 Å². The summed E-state index contributed by atoms with van der Waals surface area (Å²) in [5, 5.41) is 1.95. The Morgan fingerprint density at radius 2 is 1.91 bits per heavy atom. The van der Waals surface area contributed by atoms with Crippen LogP contribution in [0.3, 0.4) is 0 Å². The molecular formula is C17H18BrNO2S. The van der Waals surface area contributed by atoms with Gasteiger partial charge in [-0.3, -0.25) is 0 Å². The Labute approximate surface area is 143 Å². The van der Waals surface area contributed by atoms with Crippen molar-refractivity contribution in [2.45, 2.75) is 26.4 Å². The number of benzene rings is 1. The third kappa shape index (κ3) is 3.99.